The number of fused-ring (bicyclic) bond motifs is 3. The van der Waals surface area contributed by atoms with Crippen molar-refractivity contribution in [2.75, 3.05) is 13.1 Å². The summed E-state index contributed by atoms with van der Waals surface area (Å²) in [5.74, 6) is -0.481. The van der Waals surface area contributed by atoms with Crippen LogP contribution < -0.4 is 5.73 Å². The molecule has 0 spiro atoms. The first kappa shape index (κ1) is 21.9. The molecule has 162 valence electrons. The molecule has 9 heteroatoms. The van der Waals surface area contributed by atoms with Crippen molar-refractivity contribution >= 4 is 41.3 Å². The largest absolute Gasteiger partial charge is 0.366 e. The van der Waals surface area contributed by atoms with Gasteiger partial charge in [0.05, 0.1) is 5.56 Å². The van der Waals surface area contributed by atoms with E-state index in [0.29, 0.717) is 34.8 Å². The van der Waals surface area contributed by atoms with Crippen molar-refractivity contribution in [3.8, 4) is 0 Å². The molecule has 2 N–H and O–H groups in total. The van der Waals surface area contributed by atoms with E-state index in [2.05, 4.69) is 17.6 Å². The summed E-state index contributed by atoms with van der Waals surface area (Å²) in [7, 11) is 0. The molecule has 1 aromatic heterocycles. The Hall–Kier alpha value is -3.36. The van der Waals surface area contributed by atoms with Gasteiger partial charge in [-0.3, -0.25) is 19.4 Å². The number of aromatic nitrogens is 1. The number of nitrogens with zero attached hydrogens (tertiary/aromatic N) is 3. The Morgan fingerprint density at radius 1 is 1.03 bits per heavy atom. The topological polar surface area (TPSA) is 96.6 Å². The predicted molar refractivity (Wildman–Crippen MR) is 124 cm³/mol. The Kier molecular flexibility index (Phi) is 5.90. The zero-order valence-electron chi connectivity index (χ0n) is 16.8. The number of rotatable bonds is 2. The second kappa shape index (κ2) is 8.64. The molecule has 32 heavy (non-hydrogen) atoms. The van der Waals surface area contributed by atoms with Gasteiger partial charge in [0.15, 0.2) is 5.66 Å². The van der Waals surface area contributed by atoms with E-state index in [1.165, 1.54) is 0 Å². The minimum atomic E-state index is -0.996. The van der Waals surface area contributed by atoms with Crippen LogP contribution in [0.2, 0.25) is 5.02 Å². The quantitative estimate of drug-likeness (QED) is 0.564. The Labute approximate surface area is 195 Å². The van der Waals surface area contributed by atoms with Crippen molar-refractivity contribution in [2.45, 2.75) is 5.66 Å². The molecule has 1 unspecified atom stereocenters. The highest BCUT2D eigenvalue weighted by Crippen LogP contribution is 2.49. The van der Waals surface area contributed by atoms with Gasteiger partial charge in [-0.25, -0.2) is 0 Å². The molecule has 3 heterocycles. The first-order valence-electron chi connectivity index (χ1n) is 9.75. The van der Waals surface area contributed by atoms with Crippen LogP contribution in [0.4, 0.5) is 4.79 Å². The Morgan fingerprint density at radius 2 is 1.72 bits per heavy atom. The Bertz CT molecular complexity index is 1190. The van der Waals surface area contributed by atoms with Gasteiger partial charge in [0.2, 0.25) is 5.91 Å². The molecule has 0 radical (unpaired) electrons. The van der Waals surface area contributed by atoms with Gasteiger partial charge in [-0.15, -0.1) is 0 Å². The molecule has 7 nitrogen and oxygen atoms in total. The van der Waals surface area contributed by atoms with Crippen molar-refractivity contribution < 1.29 is 14.4 Å². The van der Waals surface area contributed by atoms with Crippen LogP contribution in [0.5, 0.6) is 0 Å². The van der Waals surface area contributed by atoms with Crippen LogP contribution in [0.25, 0.3) is 0 Å². The minimum Gasteiger partial charge on any atom is -0.366 e. The molecule has 3 amide bonds. The molecule has 2 aliphatic rings. The van der Waals surface area contributed by atoms with E-state index in [4.69, 9.17) is 17.3 Å². The van der Waals surface area contributed by atoms with Gasteiger partial charge in [-0.2, -0.15) is 0 Å². The third-order valence-corrected chi connectivity index (χ3v) is 6.03. The van der Waals surface area contributed by atoms with Crippen LogP contribution in [-0.4, -0.2) is 44.9 Å². The summed E-state index contributed by atoms with van der Waals surface area (Å²) in [5.41, 5.74) is 6.59. The van der Waals surface area contributed by atoms with Crippen molar-refractivity contribution in [3.63, 3.8) is 0 Å². The second-order valence-electron chi connectivity index (χ2n) is 7.22. The van der Waals surface area contributed by atoms with Crippen LogP contribution in [0.15, 0.2) is 73.1 Å². The average Bonchev–Trinajstić information content (AvgIpc) is 3.31. The van der Waals surface area contributed by atoms with Crippen LogP contribution in [0.3, 0.4) is 0 Å². The zero-order valence-corrected chi connectivity index (χ0v) is 18.5. The fourth-order valence-electron chi connectivity index (χ4n) is 4.20. The fourth-order valence-corrected chi connectivity index (χ4v) is 4.57. The number of amides is 3. The van der Waals surface area contributed by atoms with Crippen molar-refractivity contribution in [2.24, 2.45) is 5.73 Å². The maximum absolute atomic E-state index is 12.8. The van der Waals surface area contributed by atoms with E-state index in [0.717, 1.165) is 5.56 Å². The Balaban J connectivity index is 0.000000230. The highest BCUT2D eigenvalue weighted by Gasteiger charge is 2.59. The standard InChI is InChI=1S/C16H12ClN3O2S.C7H7NO/c17-11-3-1-10(2-4-11)16-13-9-18-6-5-12(13)14(21)19(16)7-8-20(16)15(22)23;8-7(9)6-4-2-1-3-5-6/h1-6,9H,7-8H2,(H,22,23);1-5H,(H2,8,9). The monoisotopic (exact) mass is 466 g/mol. The third kappa shape index (κ3) is 3.51. The first-order chi connectivity index (χ1) is 15.4. The number of carbonyl (C=O) groups is 3. The first-order valence-corrected chi connectivity index (χ1v) is 10.6. The normalized spacial score (nSPS) is 18.5. The number of nitrogens with two attached hydrogens (primary N) is 1. The number of thiol groups is 1. The lowest BCUT2D eigenvalue weighted by Gasteiger charge is -2.39. The van der Waals surface area contributed by atoms with Gasteiger partial charge in [0, 0.05) is 47.2 Å². The number of pyridine rings is 1. The molecule has 1 fully saturated rings. The second-order valence-corrected chi connectivity index (χ2v) is 8.04. The zero-order chi connectivity index (χ0) is 22.9. The van der Waals surface area contributed by atoms with E-state index in [-0.39, 0.29) is 17.1 Å². The number of halogens is 1. The molecule has 2 aromatic carbocycles. The third-order valence-electron chi connectivity index (χ3n) is 5.54. The lowest BCUT2D eigenvalue weighted by atomic mass is 9.91. The van der Waals surface area contributed by atoms with Gasteiger partial charge in [0.1, 0.15) is 0 Å². The van der Waals surface area contributed by atoms with Crippen molar-refractivity contribution in [1.29, 1.82) is 0 Å². The molecule has 5 rings (SSSR count). The van der Waals surface area contributed by atoms with Crippen LogP contribution in [-0.2, 0) is 5.66 Å². The van der Waals surface area contributed by atoms with Gasteiger partial charge in [0.25, 0.3) is 11.1 Å². The molecule has 1 atom stereocenters. The van der Waals surface area contributed by atoms with Crippen molar-refractivity contribution in [3.05, 3.63) is 100 Å². The van der Waals surface area contributed by atoms with Crippen LogP contribution >= 0.6 is 24.2 Å². The van der Waals surface area contributed by atoms with Crippen LogP contribution in [0, 0.1) is 0 Å². The molecule has 0 aliphatic carbocycles. The highest BCUT2D eigenvalue weighted by molar-refractivity contribution is 7.96. The summed E-state index contributed by atoms with van der Waals surface area (Å²) >= 11 is 10.0. The highest BCUT2D eigenvalue weighted by atomic mass is 35.5. The molecular weight excluding hydrogens is 448 g/mol. The van der Waals surface area contributed by atoms with E-state index in [9.17, 15) is 14.4 Å². The Morgan fingerprint density at radius 3 is 2.31 bits per heavy atom. The van der Waals surface area contributed by atoms with Gasteiger partial charge >= 0.3 is 0 Å². The maximum Gasteiger partial charge on any atom is 0.281 e. The predicted octanol–water partition coefficient (Wildman–Crippen LogP) is 3.54. The summed E-state index contributed by atoms with van der Waals surface area (Å²) in [6.45, 7) is 0.869. The molecule has 3 aromatic rings. The summed E-state index contributed by atoms with van der Waals surface area (Å²) < 4.78 is 0. The number of benzene rings is 2. The van der Waals surface area contributed by atoms with Gasteiger partial charge < -0.3 is 15.5 Å². The smallest absolute Gasteiger partial charge is 0.281 e. The number of hydrogen-bond acceptors (Lipinski definition) is 4. The summed E-state index contributed by atoms with van der Waals surface area (Å²) in [6, 6.07) is 17.6. The van der Waals surface area contributed by atoms with Crippen molar-refractivity contribution in [1.82, 2.24) is 14.8 Å². The number of hydrogen-bond donors (Lipinski definition) is 2. The molecule has 0 saturated carbocycles. The average molecular weight is 467 g/mol. The van der Waals surface area contributed by atoms with E-state index >= 15 is 0 Å². The molecule has 2 aliphatic heterocycles. The van der Waals surface area contributed by atoms with E-state index in [1.807, 2.05) is 18.2 Å². The number of primary amides is 1. The minimum absolute atomic E-state index is 0.102. The van der Waals surface area contributed by atoms with Gasteiger partial charge in [-0.05, 0) is 30.3 Å². The molecule has 0 bridgehead atoms. The van der Waals surface area contributed by atoms with Crippen LogP contribution in [0.1, 0.15) is 31.8 Å². The SMILES string of the molecule is NC(=O)c1ccccc1.O=C(S)N1CCN2C(=O)c3ccncc3C12c1ccc(Cl)cc1. The lowest BCUT2D eigenvalue weighted by molar-refractivity contribution is 0.0571. The maximum atomic E-state index is 12.8. The molecule has 1 saturated heterocycles. The van der Waals surface area contributed by atoms with Gasteiger partial charge in [-0.1, -0.05) is 54.6 Å². The van der Waals surface area contributed by atoms with E-state index < -0.39 is 5.66 Å². The summed E-state index contributed by atoms with van der Waals surface area (Å²) in [4.78, 5) is 42.9. The summed E-state index contributed by atoms with van der Waals surface area (Å²) in [5, 5.41) is 0.209. The fraction of sp³-hybridized carbons (Fsp3) is 0.130. The summed E-state index contributed by atoms with van der Waals surface area (Å²) in [6.07, 6.45) is 3.23. The van der Waals surface area contributed by atoms with E-state index in [1.54, 1.807) is 64.7 Å². The number of carbonyl (C=O) groups excluding carboxylic acids is 3. The molecular formula is C23H19ClN4O3S. The lowest BCUT2D eigenvalue weighted by Crippen LogP contribution is -2.50.